The molecule has 31 heavy (non-hydrogen) atoms. The summed E-state index contributed by atoms with van der Waals surface area (Å²) in [5.41, 5.74) is 3.72. The van der Waals surface area contributed by atoms with Crippen LogP contribution >= 0.6 is 22.9 Å². The minimum Gasteiger partial charge on any atom is -0.496 e. The van der Waals surface area contributed by atoms with Crippen molar-refractivity contribution < 1.29 is 9.13 Å². The number of hydrogen-bond acceptors (Lipinski definition) is 4. The van der Waals surface area contributed by atoms with Crippen LogP contribution in [0.25, 0.3) is 11.3 Å². The van der Waals surface area contributed by atoms with Crippen molar-refractivity contribution in [3.63, 3.8) is 0 Å². The molecule has 162 valence electrons. The number of thiazole rings is 1. The van der Waals surface area contributed by atoms with Crippen molar-refractivity contribution in [3.8, 4) is 29.4 Å². The van der Waals surface area contributed by atoms with Crippen molar-refractivity contribution in [2.45, 2.75) is 39.7 Å². The summed E-state index contributed by atoms with van der Waals surface area (Å²) in [4.78, 5) is 8.13. The first-order chi connectivity index (χ1) is 14.9. The van der Waals surface area contributed by atoms with Gasteiger partial charge in [0.05, 0.1) is 30.4 Å². The molecule has 0 saturated carbocycles. The van der Waals surface area contributed by atoms with Gasteiger partial charge in [0.1, 0.15) is 11.6 Å². The highest BCUT2D eigenvalue weighted by Crippen LogP contribution is 2.41. The van der Waals surface area contributed by atoms with Crippen LogP contribution in [-0.4, -0.2) is 18.6 Å². The molecule has 3 rings (SSSR count). The Kier molecular flexibility index (Phi) is 7.59. The third kappa shape index (κ3) is 5.03. The molecule has 0 aliphatic heterocycles. The quantitative estimate of drug-likeness (QED) is 0.335. The minimum atomic E-state index is -0.251. The fourth-order valence-corrected chi connectivity index (χ4v) is 4.91. The lowest BCUT2D eigenvalue weighted by atomic mass is 10.0. The van der Waals surface area contributed by atoms with Gasteiger partial charge in [-0.1, -0.05) is 43.0 Å². The van der Waals surface area contributed by atoms with Gasteiger partial charge in [0.15, 0.2) is 5.13 Å². The summed E-state index contributed by atoms with van der Waals surface area (Å²) >= 11 is 8.15. The summed E-state index contributed by atoms with van der Waals surface area (Å²) in [5.74, 6) is 3.26. The Morgan fingerprint density at radius 1 is 1.26 bits per heavy atom. The Morgan fingerprint density at radius 2 is 1.97 bits per heavy atom. The summed E-state index contributed by atoms with van der Waals surface area (Å²) in [7, 11) is 1.63. The van der Waals surface area contributed by atoms with Crippen LogP contribution in [0.1, 0.15) is 41.8 Å². The molecule has 1 aromatic heterocycles. The molecule has 0 aliphatic rings. The van der Waals surface area contributed by atoms with E-state index in [1.165, 1.54) is 12.1 Å². The molecule has 0 N–H and O–H groups in total. The molecule has 0 saturated heterocycles. The fourth-order valence-electron chi connectivity index (χ4n) is 3.69. The second-order valence-electron chi connectivity index (χ2n) is 7.39. The first-order valence-electron chi connectivity index (χ1n) is 10.2. The van der Waals surface area contributed by atoms with Crippen LogP contribution in [0.5, 0.6) is 5.75 Å². The van der Waals surface area contributed by atoms with E-state index in [0.29, 0.717) is 11.6 Å². The van der Waals surface area contributed by atoms with Crippen LogP contribution in [0, 0.1) is 32.0 Å². The van der Waals surface area contributed by atoms with Crippen LogP contribution < -0.4 is 9.64 Å². The maximum atomic E-state index is 13.5. The van der Waals surface area contributed by atoms with Crippen LogP contribution in [0.15, 0.2) is 36.4 Å². The van der Waals surface area contributed by atoms with E-state index < -0.39 is 0 Å². The van der Waals surface area contributed by atoms with Gasteiger partial charge in [-0.25, -0.2) is 9.37 Å². The molecule has 3 aromatic rings. The average Bonchev–Trinajstić information content (AvgIpc) is 3.13. The maximum Gasteiger partial charge on any atom is 0.187 e. The number of rotatable bonds is 8. The fraction of sp³-hybridized carbons (Fsp3) is 0.320. The molecule has 2 aromatic carbocycles. The number of anilines is 1. The Bertz CT molecular complexity index is 1090. The molecular weight excluding hydrogens is 431 g/mol. The van der Waals surface area contributed by atoms with Crippen LogP contribution in [0.2, 0.25) is 5.02 Å². The standard InChI is InChI=1S/C25H26ClFN2OS/c1-6-8-22(18-9-11-19(27)12-10-18)29(13-7-2)25-28-24(17(4)31-25)20-14-16(3)23(30-5)15-21(20)26/h2,9-12,14-15,22H,6,8,13H2,1,3-5H3. The van der Waals surface area contributed by atoms with Crippen molar-refractivity contribution in [1.82, 2.24) is 4.98 Å². The first-order valence-corrected chi connectivity index (χ1v) is 11.4. The minimum absolute atomic E-state index is 0.00752. The van der Waals surface area contributed by atoms with E-state index in [1.807, 2.05) is 38.1 Å². The zero-order valence-corrected chi connectivity index (χ0v) is 19.8. The summed E-state index contributed by atoms with van der Waals surface area (Å²) in [6.45, 7) is 6.55. The summed E-state index contributed by atoms with van der Waals surface area (Å²) in [6, 6.07) is 10.5. The van der Waals surface area contributed by atoms with Gasteiger partial charge in [-0.2, -0.15) is 0 Å². The number of aryl methyl sites for hydroxylation is 2. The molecule has 0 radical (unpaired) electrons. The highest BCUT2D eigenvalue weighted by Gasteiger charge is 2.24. The Hall–Kier alpha value is -2.55. The summed E-state index contributed by atoms with van der Waals surface area (Å²) in [6.07, 6.45) is 7.57. The van der Waals surface area contributed by atoms with Gasteiger partial charge in [0.2, 0.25) is 0 Å². The third-order valence-corrected chi connectivity index (χ3v) is 6.55. The van der Waals surface area contributed by atoms with E-state index in [2.05, 4.69) is 17.7 Å². The van der Waals surface area contributed by atoms with Gasteiger partial charge < -0.3 is 9.64 Å². The molecule has 0 bridgehead atoms. The van der Waals surface area contributed by atoms with Gasteiger partial charge in [-0.15, -0.1) is 17.8 Å². The van der Waals surface area contributed by atoms with E-state index in [0.717, 1.165) is 51.0 Å². The van der Waals surface area contributed by atoms with Crippen LogP contribution in [0.3, 0.4) is 0 Å². The number of benzene rings is 2. The van der Waals surface area contributed by atoms with Gasteiger partial charge in [0.25, 0.3) is 0 Å². The number of terminal acetylenes is 1. The number of nitrogens with zero attached hydrogens (tertiary/aromatic N) is 2. The van der Waals surface area contributed by atoms with Crippen LogP contribution in [-0.2, 0) is 0 Å². The Labute approximate surface area is 192 Å². The molecule has 1 heterocycles. The smallest absolute Gasteiger partial charge is 0.187 e. The number of ether oxygens (including phenoxy) is 1. The van der Waals surface area contributed by atoms with E-state index >= 15 is 0 Å². The lowest BCUT2D eigenvalue weighted by molar-refractivity contribution is 0.412. The highest BCUT2D eigenvalue weighted by atomic mass is 35.5. The largest absolute Gasteiger partial charge is 0.496 e. The molecule has 0 amide bonds. The van der Waals surface area contributed by atoms with E-state index in [4.69, 9.17) is 27.7 Å². The van der Waals surface area contributed by atoms with Gasteiger partial charge in [-0.3, -0.25) is 0 Å². The SMILES string of the molecule is C#CCN(c1nc(-c2cc(C)c(OC)cc2Cl)c(C)s1)C(CCC)c1ccc(F)cc1. The normalized spacial score (nSPS) is 11.8. The van der Waals surface area contributed by atoms with Gasteiger partial charge in [-0.05, 0) is 55.7 Å². The van der Waals surface area contributed by atoms with Crippen molar-refractivity contribution in [1.29, 1.82) is 0 Å². The molecule has 6 heteroatoms. The van der Waals surface area contributed by atoms with Gasteiger partial charge >= 0.3 is 0 Å². The predicted molar refractivity (Wildman–Crippen MR) is 129 cm³/mol. The maximum absolute atomic E-state index is 13.5. The van der Waals surface area contributed by atoms with Crippen molar-refractivity contribution in [2.24, 2.45) is 0 Å². The first kappa shape index (κ1) is 23.1. The summed E-state index contributed by atoms with van der Waals surface area (Å²) in [5, 5.41) is 1.42. The number of halogens is 2. The lowest BCUT2D eigenvalue weighted by Gasteiger charge is -2.30. The summed E-state index contributed by atoms with van der Waals surface area (Å²) < 4.78 is 18.9. The highest BCUT2D eigenvalue weighted by molar-refractivity contribution is 7.16. The zero-order chi connectivity index (χ0) is 22.5. The molecule has 3 nitrogen and oxygen atoms in total. The molecule has 0 spiro atoms. The molecule has 0 fully saturated rings. The van der Waals surface area contributed by atoms with Gasteiger partial charge in [0, 0.05) is 10.4 Å². The van der Waals surface area contributed by atoms with Crippen molar-refractivity contribution >= 4 is 28.1 Å². The number of hydrogen-bond donors (Lipinski definition) is 0. The molecular formula is C25H26ClFN2OS. The van der Waals surface area contributed by atoms with E-state index in [9.17, 15) is 4.39 Å². The average molecular weight is 457 g/mol. The van der Waals surface area contributed by atoms with E-state index in [1.54, 1.807) is 18.4 Å². The monoisotopic (exact) mass is 456 g/mol. The molecule has 1 atom stereocenters. The second kappa shape index (κ2) is 10.2. The lowest BCUT2D eigenvalue weighted by Crippen LogP contribution is -2.29. The number of methoxy groups -OCH3 is 1. The second-order valence-corrected chi connectivity index (χ2v) is 8.98. The van der Waals surface area contributed by atoms with Crippen molar-refractivity contribution in [3.05, 3.63) is 63.2 Å². The predicted octanol–water partition coefficient (Wildman–Crippen LogP) is 7.21. The Balaban J connectivity index is 2.06. The molecule has 1 unspecified atom stereocenters. The number of aromatic nitrogens is 1. The van der Waals surface area contributed by atoms with Crippen LogP contribution in [0.4, 0.5) is 9.52 Å². The molecule has 0 aliphatic carbocycles. The van der Waals surface area contributed by atoms with E-state index in [-0.39, 0.29) is 11.9 Å². The zero-order valence-electron chi connectivity index (χ0n) is 18.2. The van der Waals surface area contributed by atoms with Crippen molar-refractivity contribution in [2.75, 3.05) is 18.6 Å². The Morgan fingerprint density at radius 3 is 2.58 bits per heavy atom. The topological polar surface area (TPSA) is 25.4 Å². The third-order valence-electron chi connectivity index (χ3n) is 5.23.